The Labute approximate surface area is 286 Å². The number of allylic oxidation sites excluding steroid dienone is 4. The summed E-state index contributed by atoms with van der Waals surface area (Å²) in [7, 11) is 0. The van der Waals surface area contributed by atoms with E-state index in [-0.39, 0.29) is 24.2 Å². The molecule has 1 aliphatic carbocycles. The Morgan fingerprint density at radius 1 is 1.00 bits per heavy atom. The molecule has 2 aliphatic heterocycles. The van der Waals surface area contributed by atoms with Crippen LogP contribution in [0.4, 0.5) is 21.0 Å². The van der Waals surface area contributed by atoms with Crippen LogP contribution < -0.4 is 16.0 Å². The molecule has 0 atom stereocenters. The first kappa shape index (κ1) is 35.2. The second-order valence-corrected chi connectivity index (χ2v) is 12.7. The molecule has 49 heavy (non-hydrogen) atoms. The molecule has 1 fully saturated rings. The molecule has 5 rings (SSSR count). The van der Waals surface area contributed by atoms with Gasteiger partial charge in [-0.1, -0.05) is 36.4 Å². The topological polar surface area (TPSA) is 144 Å². The number of pyridine rings is 1. The minimum absolute atomic E-state index is 0.170. The smallest absolute Gasteiger partial charge is 0.412 e. The van der Waals surface area contributed by atoms with Gasteiger partial charge in [0, 0.05) is 38.9 Å². The van der Waals surface area contributed by atoms with Gasteiger partial charge in [-0.25, -0.2) is 9.59 Å². The molecule has 4 amide bonds. The first-order chi connectivity index (χ1) is 23.6. The summed E-state index contributed by atoms with van der Waals surface area (Å²) >= 11 is 0. The van der Waals surface area contributed by atoms with E-state index in [1.807, 2.05) is 12.2 Å². The maximum absolute atomic E-state index is 13.6. The van der Waals surface area contributed by atoms with E-state index in [2.05, 4.69) is 31.9 Å². The van der Waals surface area contributed by atoms with Gasteiger partial charge in [0.15, 0.2) is 12.0 Å². The molecule has 3 N–H and O–H groups in total. The molecule has 1 saturated heterocycles. The van der Waals surface area contributed by atoms with E-state index >= 15 is 0 Å². The van der Waals surface area contributed by atoms with Gasteiger partial charge in [-0.15, -0.1) is 0 Å². The fourth-order valence-corrected chi connectivity index (χ4v) is 5.25. The molecule has 3 aliphatic rings. The van der Waals surface area contributed by atoms with E-state index in [4.69, 9.17) is 18.9 Å². The van der Waals surface area contributed by atoms with Gasteiger partial charge >= 0.3 is 12.1 Å². The number of para-hydroxylation sites is 2. The molecule has 0 spiro atoms. The third-order valence-corrected chi connectivity index (χ3v) is 7.67. The van der Waals surface area contributed by atoms with E-state index in [9.17, 15) is 14.4 Å². The largest absolute Gasteiger partial charge is 0.463 e. The van der Waals surface area contributed by atoms with Crippen molar-refractivity contribution in [3.05, 3.63) is 102 Å². The number of nitrogens with zero attached hydrogens (tertiary/aromatic N) is 3. The molecule has 0 unspecified atom stereocenters. The number of rotatable bonds is 11. The van der Waals surface area contributed by atoms with E-state index in [1.165, 1.54) is 12.5 Å². The summed E-state index contributed by atoms with van der Waals surface area (Å²) in [5.74, 6) is 0.295. The van der Waals surface area contributed by atoms with Crippen LogP contribution in [0.1, 0.15) is 56.1 Å². The Hall–Kier alpha value is -5.14. The average Bonchev–Trinajstić information content (AvgIpc) is 3.09. The van der Waals surface area contributed by atoms with Gasteiger partial charge in [-0.3, -0.25) is 25.3 Å². The number of hydrogen-bond acceptors (Lipinski definition) is 9. The minimum atomic E-state index is -0.673. The number of hydrogen-bond donors (Lipinski definition) is 3. The Balaban J connectivity index is 1.21. The molecular weight excluding hydrogens is 628 g/mol. The molecule has 1 aromatic heterocycles. The number of ether oxygens (including phenoxy) is 4. The minimum Gasteiger partial charge on any atom is -0.463 e. The van der Waals surface area contributed by atoms with Crippen LogP contribution in [-0.4, -0.2) is 77.8 Å². The summed E-state index contributed by atoms with van der Waals surface area (Å²) in [4.78, 5) is 47.4. The predicted molar refractivity (Wildman–Crippen MR) is 184 cm³/mol. The summed E-state index contributed by atoms with van der Waals surface area (Å²) in [6, 6.07) is 9.83. The molecule has 2 aromatic rings. The maximum Gasteiger partial charge on any atom is 0.412 e. The van der Waals surface area contributed by atoms with Crippen LogP contribution in [0.5, 0.6) is 0 Å². The van der Waals surface area contributed by atoms with Crippen LogP contribution in [0.3, 0.4) is 0 Å². The zero-order valence-corrected chi connectivity index (χ0v) is 28.2. The SMILES string of the molecule is CC(C)(C)OC(=O)Nc1ccccc1NC(=O)c1ccc(CN(CCCN2CCOCC2)C(=O)NC2=COC=C(C3=CC=CCC3)O2)cn1. The Morgan fingerprint density at radius 2 is 1.78 bits per heavy atom. The number of morpholine rings is 1. The highest BCUT2D eigenvalue weighted by atomic mass is 16.6. The maximum atomic E-state index is 13.6. The number of amides is 4. The molecule has 13 heteroatoms. The lowest BCUT2D eigenvalue weighted by atomic mass is 10.0. The lowest BCUT2D eigenvalue weighted by Gasteiger charge is -2.29. The molecule has 3 heterocycles. The summed E-state index contributed by atoms with van der Waals surface area (Å²) in [5.41, 5.74) is 2.00. The highest BCUT2D eigenvalue weighted by molar-refractivity contribution is 6.05. The molecule has 13 nitrogen and oxygen atoms in total. The fourth-order valence-electron chi connectivity index (χ4n) is 5.25. The molecular formula is C36H44N6O7. The Bertz CT molecular complexity index is 1600. The van der Waals surface area contributed by atoms with Crippen molar-refractivity contribution in [3.63, 3.8) is 0 Å². The van der Waals surface area contributed by atoms with Gasteiger partial charge in [-0.2, -0.15) is 0 Å². The van der Waals surface area contributed by atoms with Crippen LogP contribution in [0, 0.1) is 0 Å². The molecule has 260 valence electrons. The van der Waals surface area contributed by atoms with E-state index in [0.717, 1.165) is 50.0 Å². The number of carbonyl (C=O) groups is 3. The summed E-state index contributed by atoms with van der Waals surface area (Å²) in [5, 5.41) is 8.32. The van der Waals surface area contributed by atoms with Gasteiger partial charge < -0.3 is 29.2 Å². The van der Waals surface area contributed by atoms with Crippen LogP contribution in [0.15, 0.2) is 90.6 Å². The molecule has 0 saturated carbocycles. The summed E-state index contributed by atoms with van der Waals surface area (Å²) in [6.45, 7) is 9.98. The lowest BCUT2D eigenvalue weighted by molar-refractivity contribution is 0.0364. The van der Waals surface area contributed by atoms with E-state index in [1.54, 1.807) is 68.3 Å². The number of carbonyl (C=O) groups excluding carboxylic acids is 3. The van der Waals surface area contributed by atoms with Crippen molar-refractivity contribution in [1.82, 2.24) is 20.1 Å². The standard InChI is InChI=1S/C36H44N6O7/c1-36(2,3)49-35(45)39-29-13-8-7-12-28(29)38-33(43)30-15-14-26(22-37-30)23-42(17-9-16-41-18-20-46-21-19-41)34(44)40-32-25-47-24-31(48-32)27-10-5-4-6-11-27/h4-5,7-8,10,12-15,22,24-25H,6,9,11,16-21,23H2,1-3H3,(H,38,43)(H,39,45)(H,40,44). The predicted octanol–water partition coefficient (Wildman–Crippen LogP) is 5.88. The third-order valence-electron chi connectivity index (χ3n) is 7.67. The zero-order valence-electron chi connectivity index (χ0n) is 28.2. The second-order valence-electron chi connectivity index (χ2n) is 12.7. The van der Waals surface area contributed by atoms with Crippen molar-refractivity contribution < 1.29 is 33.3 Å². The monoisotopic (exact) mass is 672 g/mol. The molecule has 0 radical (unpaired) electrons. The fraction of sp³-hybridized carbons (Fsp3) is 0.389. The van der Waals surface area contributed by atoms with Gasteiger partial charge in [0.05, 0.1) is 24.6 Å². The van der Waals surface area contributed by atoms with Crippen LogP contribution in [-0.2, 0) is 25.5 Å². The van der Waals surface area contributed by atoms with Gasteiger partial charge in [-0.05, 0) is 69.4 Å². The highest BCUT2D eigenvalue weighted by Crippen LogP contribution is 2.26. The van der Waals surface area contributed by atoms with E-state index in [0.29, 0.717) is 36.9 Å². The second kappa shape index (κ2) is 16.8. The van der Waals surface area contributed by atoms with Gasteiger partial charge in [0.25, 0.3) is 5.91 Å². The van der Waals surface area contributed by atoms with Crippen molar-refractivity contribution in [2.24, 2.45) is 0 Å². The van der Waals surface area contributed by atoms with Crippen LogP contribution in [0.25, 0.3) is 0 Å². The highest BCUT2D eigenvalue weighted by Gasteiger charge is 2.22. The Morgan fingerprint density at radius 3 is 2.47 bits per heavy atom. The Kier molecular flexibility index (Phi) is 12.1. The third kappa shape index (κ3) is 10.9. The van der Waals surface area contributed by atoms with Crippen molar-refractivity contribution in [2.45, 2.75) is 52.2 Å². The number of aromatic nitrogens is 1. The van der Waals surface area contributed by atoms with Crippen molar-refractivity contribution >= 4 is 29.4 Å². The normalized spacial score (nSPS) is 16.2. The number of urea groups is 1. The lowest BCUT2D eigenvalue weighted by Crippen LogP contribution is -2.42. The van der Waals surface area contributed by atoms with Crippen molar-refractivity contribution in [3.8, 4) is 0 Å². The zero-order chi connectivity index (χ0) is 34.6. The number of nitrogens with one attached hydrogen (secondary N) is 3. The van der Waals surface area contributed by atoms with Crippen LogP contribution >= 0.6 is 0 Å². The van der Waals surface area contributed by atoms with Crippen LogP contribution in [0.2, 0.25) is 0 Å². The van der Waals surface area contributed by atoms with Crippen molar-refractivity contribution in [1.29, 1.82) is 0 Å². The first-order valence-corrected chi connectivity index (χ1v) is 16.4. The number of benzene rings is 1. The van der Waals surface area contributed by atoms with Crippen molar-refractivity contribution in [2.75, 3.05) is 50.0 Å². The summed E-state index contributed by atoms with van der Waals surface area (Å²) < 4.78 is 22.3. The van der Waals surface area contributed by atoms with Gasteiger partial charge in [0.1, 0.15) is 17.6 Å². The quantitative estimate of drug-likeness (QED) is 0.267. The average molecular weight is 673 g/mol. The van der Waals surface area contributed by atoms with E-state index < -0.39 is 17.6 Å². The summed E-state index contributed by atoms with van der Waals surface area (Å²) in [6.07, 6.45) is 12.3. The first-order valence-electron chi connectivity index (χ1n) is 16.4. The molecule has 0 bridgehead atoms. The number of anilines is 2. The van der Waals surface area contributed by atoms with Gasteiger partial charge in [0.2, 0.25) is 5.88 Å². The molecule has 1 aromatic carbocycles.